The first kappa shape index (κ1) is 26.0. The summed E-state index contributed by atoms with van der Waals surface area (Å²) >= 11 is 0. The van der Waals surface area contributed by atoms with E-state index >= 15 is 0 Å². The van der Waals surface area contributed by atoms with Gasteiger partial charge in [0.15, 0.2) is 0 Å². The van der Waals surface area contributed by atoms with Crippen molar-refractivity contribution in [2.75, 3.05) is 20.3 Å². The third-order valence-corrected chi connectivity index (χ3v) is 9.09. The monoisotopic (exact) mass is 566 g/mol. The normalized spacial score (nSPS) is 29.3. The Balaban J connectivity index is 1.36. The number of hydrogen-bond donors (Lipinski definition) is 2. The predicted molar refractivity (Wildman–Crippen MR) is 148 cm³/mol. The first-order chi connectivity index (χ1) is 20.2. The van der Waals surface area contributed by atoms with Crippen LogP contribution in [-0.4, -0.2) is 34.0 Å². The number of benzene rings is 3. The SMILES string of the molecule is O=C1[C@@H]2C3C=CC(c4ccccc4)([C@@H]2C(=O)N1c1ccc(N([O-])O)cc1)[C@H]1C(=O)N(c2ccc(N([O-])O)cc2)C(=O)[C@@H]31. The highest BCUT2D eigenvalue weighted by molar-refractivity contribution is 6.27. The maximum absolute atomic E-state index is 14.2. The third-order valence-electron chi connectivity index (χ3n) is 9.09. The van der Waals surface area contributed by atoms with Gasteiger partial charge in [0.2, 0.25) is 23.6 Å². The molecule has 5 aliphatic rings. The highest BCUT2D eigenvalue weighted by Gasteiger charge is 2.75. The fraction of sp³-hybridized carbons (Fsp3) is 0.200. The lowest BCUT2D eigenvalue weighted by molar-refractivity contribution is -0.140. The van der Waals surface area contributed by atoms with Crippen LogP contribution in [0.15, 0.2) is 91.0 Å². The Labute approximate surface area is 238 Å². The Hall–Kier alpha value is -4.88. The molecule has 2 saturated heterocycles. The molecule has 212 valence electrons. The van der Waals surface area contributed by atoms with Crippen molar-refractivity contribution in [1.82, 2.24) is 0 Å². The molecule has 8 rings (SSSR count). The van der Waals surface area contributed by atoms with Crippen LogP contribution in [0.3, 0.4) is 0 Å². The van der Waals surface area contributed by atoms with E-state index in [9.17, 15) is 40.0 Å². The summed E-state index contributed by atoms with van der Waals surface area (Å²) in [4.78, 5) is 58.7. The largest absolute Gasteiger partial charge is 0.733 e. The maximum Gasteiger partial charge on any atom is 0.238 e. The lowest BCUT2D eigenvalue weighted by atomic mass is 9.45. The van der Waals surface area contributed by atoms with Gasteiger partial charge in [-0.2, -0.15) is 0 Å². The molecular weight excluding hydrogens is 544 g/mol. The molecule has 2 bridgehead atoms. The average Bonchev–Trinajstić information content (AvgIpc) is 3.44. The highest BCUT2D eigenvalue weighted by atomic mass is 16.8. The Kier molecular flexibility index (Phi) is 5.62. The van der Waals surface area contributed by atoms with Crippen molar-refractivity contribution in [2.45, 2.75) is 5.41 Å². The van der Waals surface area contributed by atoms with Gasteiger partial charge in [0.05, 0.1) is 46.4 Å². The molecule has 2 heterocycles. The summed E-state index contributed by atoms with van der Waals surface area (Å²) < 4.78 is 0. The average molecular weight is 567 g/mol. The van der Waals surface area contributed by atoms with Gasteiger partial charge in [-0.3, -0.25) is 29.6 Å². The molecule has 2 unspecified atom stereocenters. The van der Waals surface area contributed by atoms with Crippen molar-refractivity contribution in [2.24, 2.45) is 29.6 Å². The first-order valence-electron chi connectivity index (χ1n) is 13.2. The van der Waals surface area contributed by atoms with Gasteiger partial charge in [-0.05, 0) is 54.1 Å². The van der Waals surface area contributed by atoms with Crippen LogP contribution < -0.4 is 20.3 Å². The molecule has 6 atom stereocenters. The van der Waals surface area contributed by atoms with Crippen molar-refractivity contribution in [3.05, 3.63) is 107 Å². The van der Waals surface area contributed by atoms with Crippen molar-refractivity contribution < 1.29 is 29.6 Å². The van der Waals surface area contributed by atoms with Crippen LogP contribution in [0.25, 0.3) is 0 Å². The minimum absolute atomic E-state index is 0.0847. The molecule has 0 aromatic heterocycles. The van der Waals surface area contributed by atoms with Crippen LogP contribution in [0.1, 0.15) is 5.56 Å². The zero-order valence-electron chi connectivity index (χ0n) is 21.7. The van der Waals surface area contributed by atoms with Crippen LogP contribution in [0, 0.1) is 40.0 Å². The number of nitrogens with zero attached hydrogens (tertiary/aromatic N) is 4. The smallest absolute Gasteiger partial charge is 0.238 e. The van der Waals surface area contributed by atoms with E-state index in [4.69, 9.17) is 0 Å². The minimum Gasteiger partial charge on any atom is -0.733 e. The molecule has 2 aliphatic heterocycles. The van der Waals surface area contributed by atoms with Crippen LogP contribution in [0.2, 0.25) is 0 Å². The number of anilines is 4. The molecule has 3 aromatic rings. The molecule has 0 spiro atoms. The number of hydrogen-bond acceptors (Lipinski definition) is 10. The second-order valence-corrected chi connectivity index (χ2v) is 10.8. The standard InChI is InChI=1S/C30H22N4O8/c35-26-22-21-14-15-30(16-4-2-1-3-5-16,24(22)28(37)31(26)17-6-10-19(11-7-17)33(39)40)25-23(21)27(36)32(29(25)38)18-8-12-20(13-9-18)34(41)42/h1-15,21-25,39,41H/q-2/t21?,22-,23+,24+,25-,30?. The second-order valence-electron chi connectivity index (χ2n) is 10.8. The topological polar surface area (TPSA) is 168 Å². The summed E-state index contributed by atoms with van der Waals surface area (Å²) in [6.07, 6.45) is 3.57. The van der Waals surface area contributed by atoms with Crippen LogP contribution in [0.4, 0.5) is 22.7 Å². The van der Waals surface area contributed by atoms with E-state index in [0.29, 0.717) is 5.56 Å². The summed E-state index contributed by atoms with van der Waals surface area (Å²) in [5.74, 6) is -6.67. The van der Waals surface area contributed by atoms with Gasteiger partial charge in [-0.25, -0.2) is 9.80 Å². The zero-order valence-corrected chi connectivity index (χ0v) is 21.7. The van der Waals surface area contributed by atoms with Crippen LogP contribution >= 0.6 is 0 Å². The van der Waals surface area contributed by atoms with Crippen molar-refractivity contribution in [3.63, 3.8) is 0 Å². The molecular formula is C30H22N4O8-2. The number of amides is 4. The zero-order chi connectivity index (χ0) is 29.5. The number of allylic oxidation sites excluding steroid dienone is 2. The lowest BCUT2D eigenvalue weighted by Gasteiger charge is -2.53. The van der Waals surface area contributed by atoms with Crippen molar-refractivity contribution in [1.29, 1.82) is 0 Å². The maximum atomic E-state index is 14.2. The van der Waals surface area contributed by atoms with E-state index in [1.165, 1.54) is 48.5 Å². The van der Waals surface area contributed by atoms with Gasteiger partial charge in [0.25, 0.3) is 0 Å². The summed E-state index contributed by atoms with van der Waals surface area (Å²) in [6, 6.07) is 19.5. The molecule has 12 heteroatoms. The van der Waals surface area contributed by atoms with Gasteiger partial charge in [0, 0.05) is 11.3 Å². The lowest BCUT2D eigenvalue weighted by Crippen LogP contribution is -2.60. The van der Waals surface area contributed by atoms with Gasteiger partial charge < -0.3 is 20.9 Å². The molecule has 1 saturated carbocycles. The highest BCUT2D eigenvalue weighted by Crippen LogP contribution is 2.65. The molecule has 3 fully saturated rings. The van der Waals surface area contributed by atoms with Crippen molar-refractivity contribution >= 4 is 46.4 Å². The fourth-order valence-corrected chi connectivity index (χ4v) is 7.45. The van der Waals surface area contributed by atoms with E-state index in [1.807, 2.05) is 0 Å². The van der Waals surface area contributed by atoms with Gasteiger partial charge >= 0.3 is 0 Å². The summed E-state index contributed by atoms with van der Waals surface area (Å²) in [7, 11) is 0. The quantitative estimate of drug-likeness (QED) is 0.266. The molecule has 2 N–H and O–H groups in total. The Morgan fingerprint density at radius 1 is 0.619 bits per heavy atom. The molecule has 0 radical (unpaired) electrons. The number of imide groups is 2. The molecule has 12 nitrogen and oxygen atoms in total. The summed E-state index contributed by atoms with van der Waals surface area (Å²) in [5, 5.41) is 40.3. The second kappa shape index (κ2) is 9.06. The number of rotatable bonds is 5. The van der Waals surface area contributed by atoms with E-state index < -0.39 is 58.6 Å². The predicted octanol–water partition coefficient (Wildman–Crippen LogP) is 3.12. The Morgan fingerprint density at radius 3 is 1.45 bits per heavy atom. The number of carbonyl (C=O) groups excluding carboxylic acids is 4. The van der Waals surface area contributed by atoms with Gasteiger partial charge in [-0.15, -0.1) is 0 Å². The fourth-order valence-electron chi connectivity index (χ4n) is 7.45. The molecule has 3 aromatic carbocycles. The summed E-state index contributed by atoms with van der Waals surface area (Å²) in [6.45, 7) is 0. The van der Waals surface area contributed by atoms with Crippen LogP contribution in [0.5, 0.6) is 0 Å². The van der Waals surface area contributed by atoms with Crippen LogP contribution in [-0.2, 0) is 24.6 Å². The van der Waals surface area contributed by atoms with E-state index in [1.54, 1.807) is 42.5 Å². The van der Waals surface area contributed by atoms with E-state index in [-0.39, 0.29) is 33.2 Å². The molecule has 4 amide bonds. The Morgan fingerprint density at radius 2 is 1.05 bits per heavy atom. The molecule has 3 aliphatic carbocycles. The number of carbonyl (C=O) groups is 4. The third kappa shape index (κ3) is 3.31. The first-order valence-corrected chi connectivity index (χ1v) is 13.2. The van der Waals surface area contributed by atoms with Gasteiger partial charge in [-0.1, -0.05) is 42.5 Å². The van der Waals surface area contributed by atoms with Crippen molar-refractivity contribution in [3.8, 4) is 0 Å². The van der Waals surface area contributed by atoms with E-state index in [2.05, 4.69) is 0 Å². The van der Waals surface area contributed by atoms with E-state index in [0.717, 1.165) is 9.80 Å². The summed E-state index contributed by atoms with van der Waals surface area (Å²) in [5.41, 5.74) is -0.466. The molecule has 42 heavy (non-hydrogen) atoms. The Bertz CT molecular complexity index is 1560. The van der Waals surface area contributed by atoms with Gasteiger partial charge in [0.1, 0.15) is 0 Å². The minimum atomic E-state index is -1.32.